The van der Waals surface area contributed by atoms with Crippen molar-refractivity contribution in [3.63, 3.8) is 0 Å². The molecule has 1 amide bonds. The number of rotatable bonds is 7. The largest absolute Gasteiger partial charge is 0.479 e. The molecule has 0 saturated carbocycles. The van der Waals surface area contributed by atoms with Gasteiger partial charge in [0.1, 0.15) is 17.4 Å². The van der Waals surface area contributed by atoms with Gasteiger partial charge in [0.25, 0.3) is 5.91 Å². The molecule has 0 fully saturated rings. The van der Waals surface area contributed by atoms with Gasteiger partial charge in [-0.05, 0) is 43.2 Å². The number of carbonyl (C=O) groups is 2. The minimum absolute atomic E-state index is 0.0544. The van der Waals surface area contributed by atoms with E-state index in [-0.39, 0.29) is 11.6 Å². The van der Waals surface area contributed by atoms with Crippen LogP contribution in [0, 0.1) is 11.3 Å². The predicted molar refractivity (Wildman–Crippen MR) is 101 cm³/mol. The van der Waals surface area contributed by atoms with E-state index in [4.69, 9.17) is 9.84 Å². The van der Waals surface area contributed by atoms with Crippen molar-refractivity contribution in [2.45, 2.75) is 26.0 Å². The molecule has 2 aromatic rings. The van der Waals surface area contributed by atoms with Gasteiger partial charge in [0.2, 0.25) is 0 Å². The normalized spacial score (nSPS) is 13.1. The van der Waals surface area contributed by atoms with Crippen LogP contribution in [0.5, 0.6) is 5.75 Å². The maximum Gasteiger partial charge on any atom is 0.344 e. The van der Waals surface area contributed by atoms with Gasteiger partial charge in [-0.25, -0.2) is 4.79 Å². The summed E-state index contributed by atoms with van der Waals surface area (Å²) in [5.74, 6) is -1.23. The van der Waals surface area contributed by atoms with Crippen LogP contribution in [-0.2, 0) is 9.59 Å². The van der Waals surface area contributed by atoms with Crippen molar-refractivity contribution in [1.82, 2.24) is 5.32 Å². The van der Waals surface area contributed by atoms with Crippen LogP contribution < -0.4 is 10.1 Å². The quantitative estimate of drug-likeness (QED) is 0.580. The zero-order valence-corrected chi connectivity index (χ0v) is 15.0. The van der Waals surface area contributed by atoms with E-state index in [0.29, 0.717) is 11.3 Å². The first-order valence-corrected chi connectivity index (χ1v) is 8.38. The van der Waals surface area contributed by atoms with Crippen molar-refractivity contribution in [3.8, 4) is 11.8 Å². The first-order valence-electron chi connectivity index (χ1n) is 8.38. The third kappa shape index (κ3) is 5.72. The topological polar surface area (TPSA) is 99.4 Å². The highest BCUT2D eigenvalue weighted by Crippen LogP contribution is 2.18. The van der Waals surface area contributed by atoms with Crippen LogP contribution in [-0.4, -0.2) is 23.1 Å². The highest BCUT2D eigenvalue weighted by atomic mass is 16.5. The summed E-state index contributed by atoms with van der Waals surface area (Å²) >= 11 is 0. The van der Waals surface area contributed by atoms with Crippen molar-refractivity contribution >= 4 is 18.0 Å². The van der Waals surface area contributed by atoms with E-state index in [2.05, 4.69) is 5.32 Å². The van der Waals surface area contributed by atoms with Gasteiger partial charge >= 0.3 is 5.97 Å². The minimum Gasteiger partial charge on any atom is -0.479 e. The lowest BCUT2D eigenvalue weighted by Gasteiger charge is -2.14. The van der Waals surface area contributed by atoms with Crippen LogP contribution in [0.2, 0.25) is 0 Å². The van der Waals surface area contributed by atoms with E-state index in [1.165, 1.54) is 13.0 Å². The van der Waals surface area contributed by atoms with Gasteiger partial charge in [-0.15, -0.1) is 0 Å². The number of benzene rings is 2. The van der Waals surface area contributed by atoms with E-state index >= 15 is 0 Å². The molecule has 0 aromatic heterocycles. The van der Waals surface area contributed by atoms with Crippen molar-refractivity contribution in [2.24, 2.45) is 0 Å². The molecule has 2 N–H and O–H groups in total. The molecular formula is C21H20N2O4. The van der Waals surface area contributed by atoms with E-state index < -0.39 is 18.0 Å². The number of hydrogen-bond donors (Lipinski definition) is 2. The Morgan fingerprint density at radius 3 is 2.48 bits per heavy atom. The van der Waals surface area contributed by atoms with Gasteiger partial charge in [-0.1, -0.05) is 42.5 Å². The number of hydrogen-bond acceptors (Lipinski definition) is 4. The van der Waals surface area contributed by atoms with Crippen LogP contribution in [0.15, 0.2) is 60.2 Å². The molecule has 0 spiro atoms. The molecule has 0 aliphatic carbocycles. The monoisotopic (exact) mass is 364 g/mol. The first kappa shape index (κ1) is 19.7. The van der Waals surface area contributed by atoms with Crippen LogP contribution in [0.4, 0.5) is 0 Å². The molecule has 27 heavy (non-hydrogen) atoms. The van der Waals surface area contributed by atoms with Gasteiger partial charge in [0.15, 0.2) is 6.10 Å². The molecule has 6 heteroatoms. The highest BCUT2D eigenvalue weighted by Gasteiger charge is 2.15. The third-order valence-electron chi connectivity index (χ3n) is 3.84. The average Bonchev–Trinajstić information content (AvgIpc) is 2.66. The van der Waals surface area contributed by atoms with Crippen molar-refractivity contribution in [3.05, 3.63) is 71.3 Å². The second kappa shape index (κ2) is 9.20. The number of nitrogens with zero attached hydrogens (tertiary/aromatic N) is 1. The second-order valence-electron chi connectivity index (χ2n) is 5.95. The molecular weight excluding hydrogens is 344 g/mol. The summed E-state index contributed by atoms with van der Waals surface area (Å²) in [6, 6.07) is 17.6. The molecule has 138 valence electrons. The lowest BCUT2D eigenvalue weighted by Crippen LogP contribution is -2.27. The molecule has 2 rings (SSSR count). The molecule has 0 aliphatic rings. The Morgan fingerprint density at radius 1 is 1.15 bits per heavy atom. The Balaban J connectivity index is 2.14. The molecule has 6 nitrogen and oxygen atoms in total. The fraction of sp³-hybridized carbons (Fsp3) is 0.190. The summed E-state index contributed by atoms with van der Waals surface area (Å²) in [6.45, 7) is 3.26. The summed E-state index contributed by atoms with van der Waals surface area (Å²) in [5.41, 5.74) is 1.44. The number of amides is 1. The maximum atomic E-state index is 12.4. The van der Waals surface area contributed by atoms with Crippen LogP contribution in [0.1, 0.15) is 31.0 Å². The Morgan fingerprint density at radius 2 is 1.85 bits per heavy atom. The summed E-state index contributed by atoms with van der Waals surface area (Å²) in [6.07, 6.45) is 0.431. The number of aliphatic carboxylic acids is 1. The molecule has 2 aromatic carbocycles. The van der Waals surface area contributed by atoms with Crippen molar-refractivity contribution < 1.29 is 19.4 Å². The maximum absolute atomic E-state index is 12.4. The van der Waals surface area contributed by atoms with E-state index in [9.17, 15) is 14.9 Å². The molecule has 2 atom stereocenters. The summed E-state index contributed by atoms with van der Waals surface area (Å²) < 4.78 is 5.30. The Bertz CT molecular complexity index is 885. The van der Waals surface area contributed by atoms with Crippen molar-refractivity contribution in [2.75, 3.05) is 0 Å². The number of carboxylic acid groups (broad SMARTS) is 1. The number of ether oxygens (including phenoxy) is 1. The fourth-order valence-electron chi connectivity index (χ4n) is 2.35. The molecule has 0 aliphatic heterocycles. The van der Waals surface area contributed by atoms with Crippen molar-refractivity contribution in [1.29, 1.82) is 5.26 Å². The lowest BCUT2D eigenvalue weighted by atomic mass is 10.1. The number of carbonyl (C=O) groups excluding carboxylic acids is 1. The van der Waals surface area contributed by atoms with Gasteiger partial charge in [-0.2, -0.15) is 5.26 Å². The van der Waals surface area contributed by atoms with Crippen LogP contribution >= 0.6 is 0 Å². The molecule has 2 unspecified atom stereocenters. The standard InChI is InChI=1S/C21H20N2O4/c1-14(17-8-4-3-5-9-17)23-20(24)18(13-22)11-16-7-6-10-19(12-16)27-15(2)21(25)26/h3-12,14-15H,1-2H3,(H,23,24)(H,25,26)/b18-11-. The van der Waals surface area contributed by atoms with Gasteiger partial charge in [0.05, 0.1) is 6.04 Å². The average molecular weight is 364 g/mol. The summed E-state index contributed by atoms with van der Waals surface area (Å²) in [7, 11) is 0. The summed E-state index contributed by atoms with van der Waals surface area (Å²) in [4.78, 5) is 23.3. The molecule has 0 radical (unpaired) electrons. The van der Waals surface area contributed by atoms with E-state index in [0.717, 1.165) is 5.56 Å². The van der Waals surface area contributed by atoms with Gasteiger partial charge in [-0.3, -0.25) is 4.79 Å². The predicted octanol–water partition coefficient (Wildman–Crippen LogP) is 3.32. The molecule has 0 heterocycles. The highest BCUT2D eigenvalue weighted by molar-refractivity contribution is 6.01. The number of nitrogens with one attached hydrogen (secondary N) is 1. The Kier molecular flexibility index (Phi) is 6.73. The van der Waals surface area contributed by atoms with Crippen LogP contribution in [0.25, 0.3) is 6.08 Å². The summed E-state index contributed by atoms with van der Waals surface area (Å²) in [5, 5.41) is 21.0. The molecule has 0 bridgehead atoms. The zero-order chi connectivity index (χ0) is 19.8. The fourth-order valence-corrected chi connectivity index (χ4v) is 2.35. The molecule has 0 saturated heterocycles. The number of nitriles is 1. The van der Waals surface area contributed by atoms with E-state index in [1.54, 1.807) is 24.3 Å². The smallest absolute Gasteiger partial charge is 0.344 e. The number of carboxylic acids is 1. The lowest BCUT2D eigenvalue weighted by molar-refractivity contribution is -0.144. The third-order valence-corrected chi connectivity index (χ3v) is 3.84. The van der Waals surface area contributed by atoms with Gasteiger partial charge in [0, 0.05) is 0 Å². The van der Waals surface area contributed by atoms with Gasteiger partial charge < -0.3 is 15.2 Å². The second-order valence-corrected chi connectivity index (χ2v) is 5.95. The minimum atomic E-state index is -1.08. The Labute approximate surface area is 157 Å². The first-order chi connectivity index (χ1) is 12.9. The SMILES string of the molecule is CC(Oc1cccc(/C=C(/C#N)C(=O)NC(C)c2ccccc2)c1)C(=O)O. The van der Waals surface area contributed by atoms with E-state index in [1.807, 2.05) is 43.3 Å². The zero-order valence-electron chi connectivity index (χ0n) is 15.0. The van der Waals surface area contributed by atoms with Crippen LogP contribution in [0.3, 0.4) is 0 Å². The Hall–Kier alpha value is -3.59.